The lowest BCUT2D eigenvalue weighted by Crippen LogP contribution is -2.45. The highest BCUT2D eigenvalue weighted by molar-refractivity contribution is 5.95. The second kappa shape index (κ2) is 6.66. The van der Waals surface area contributed by atoms with Crippen LogP contribution in [0.5, 0.6) is 0 Å². The fourth-order valence-electron chi connectivity index (χ4n) is 2.78. The van der Waals surface area contributed by atoms with Gasteiger partial charge < -0.3 is 10.6 Å². The molecule has 2 N–H and O–H groups in total. The molecule has 4 heteroatoms. The summed E-state index contributed by atoms with van der Waals surface area (Å²) in [5, 5.41) is 6.37. The van der Waals surface area contributed by atoms with Crippen molar-refractivity contribution in [1.29, 1.82) is 0 Å². The summed E-state index contributed by atoms with van der Waals surface area (Å²) < 4.78 is 0. The van der Waals surface area contributed by atoms with Gasteiger partial charge >= 0.3 is 0 Å². The molecule has 0 spiro atoms. The van der Waals surface area contributed by atoms with Crippen LogP contribution in [0.4, 0.5) is 5.69 Å². The van der Waals surface area contributed by atoms with Crippen molar-refractivity contribution in [2.45, 2.75) is 39.0 Å². The van der Waals surface area contributed by atoms with Gasteiger partial charge in [0.25, 0.3) is 0 Å². The molecule has 1 aliphatic carbocycles. The van der Waals surface area contributed by atoms with Crippen molar-refractivity contribution >= 4 is 11.6 Å². The first-order chi connectivity index (χ1) is 9.27. The number of aromatic nitrogens is 1. The van der Waals surface area contributed by atoms with E-state index in [0.717, 1.165) is 44.5 Å². The van der Waals surface area contributed by atoms with Gasteiger partial charge in [0.1, 0.15) is 0 Å². The molecular formula is C15H23N3O. The molecule has 0 saturated heterocycles. The minimum Gasteiger partial charge on any atom is -0.324 e. The van der Waals surface area contributed by atoms with E-state index in [1.54, 1.807) is 12.4 Å². The van der Waals surface area contributed by atoms with Crippen molar-refractivity contribution in [2.75, 3.05) is 18.4 Å². The summed E-state index contributed by atoms with van der Waals surface area (Å²) in [5.41, 5.74) is 0.540. The molecule has 1 aromatic rings. The summed E-state index contributed by atoms with van der Waals surface area (Å²) in [6, 6.07) is 3.72. The molecule has 104 valence electrons. The Balaban J connectivity index is 2.06. The number of amides is 1. The van der Waals surface area contributed by atoms with Crippen molar-refractivity contribution in [2.24, 2.45) is 5.41 Å². The number of rotatable bonds is 5. The fraction of sp³-hybridized carbons (Fsp3) is 0.600. The van der Waals surface area contributed by atoms with E-state index in [9.17, 15) is 4.79 Å². The Morgan fingerprint density at radius 1 is 1.37 bits per heavy atom. The smallest absolute Gasteiger partial charge is 0.231 e. The van der Waals surface area contributed by atoms with Gasteiger partial charge in [-0.2, -0.15) is 0 Å². The second-order valence-corrected chi connectivity index (χ2v) is 5.32. The molecule has 0 aliphatic heterocycles. The first kappa shape index (κ1) is 14.0. The van der Waals surface area contributed by atoms with Crippen molar-refractivity contribution in [3.8, 4) is 0 Å². The molecule has 0 bridgehead atoms. The zero-order chi connectivity index (χ0) is 13.6. The molecular weight excluding hydrogens is 238 g/mol. The Morgan fingerprint density at radius 3 is 2.79 bits per heavy atom. The molecule has 1 aromatic heterocycles. The minimum atomic E-state index is -0.246. The van der Waals surface area contributed by atoms with Gasteiger partial charge in [-0.3, -0.25) is 9.78 Å². The molecule has 0 aromatic carbocycles. The van der Waals surface area contributed by atoms with Gasteiger partial charge in [0.2, 0.25) is 5.91 Å². The standard InChI is InChI=1S/C15H23N3O/c1-2-16-12-15(8-4-3-5-9-15)14(19)18-13-7-6-10-17-11-13/h6-7,10-11,16H,2-5,8-9,12H2,1H3,(H,18,19). The van der Waals surface area contributed by atoms with Crippen molar-refractivity contribution in [3.63, 3.8) is 0 Å². The zero-order valence-electron chi connectivity index (χ0n) is 11.6. The maximum absolute atomic E-state index is 12.6. The van der Waals surface area contributed by atoms with E-state index in [4.69, 9.17) is 0 Å². The first-order valence-corrected chi connectivity index (χ1v) is 7.19. The average Bonchev–Trinajstić information content (AvgIpc) is 2.47. The maximum atomic E-state index is 12.6. The molecule has 1 heterocycles. The number of hydrogen-bond donors (Lipinski definition) is 2. The van der Waals surface area contributed by atoms with Crippen LogP contribution in [0.3, 0.4) is 0 Å². The predicted molar refractivity (Wildman–Crippen MR) is 76.9 cm³/mol. The molecule has 1 fully saturated rings. The minimum absolute atomic E-state index is 0.140. The average molecular weight is 261 g/mol. The van der Waals surface area contributed by atoms with Crippen LogP contribution in [-0.4, -0.2) is 24.0 Å². The largest absolute Gasteiger partial charge is 0.324 e. The monoisotopic (exact) mass is 261 g/mol. The first-order valence-electron chi connectivity index (χ1n) is 7.19. The second-order valence-electron chi connectivity index (χ2n) is 5.32. The molecule has 0 atom stereocenters. The Morgan fingerprint density at radius 2 is 2.16 bits per heavy atom. The normalized spacial score (nSPS) is 17.9. The maximum Gasteiger partial charge on any atom is 0.231 e. The Kier molecular flexibility index (Phi) is 4.91. The predicted octanol–water partition coefficient (Wildman–Crippen LogP) is 2.58. The summed E-state index contributed by atoms with van der Waals surface area (Å²) in [7, 11) is 0. The quantitative estimate of drug-likeness (QED) is 0.856. The van der Waals surface area contributed by atoms with Gasteiger partial charge in [-0.05, 0) is 31.5 Å². The molecule has 1 saturated carbocycles. The van der Waals surface area contributed by atoms with Gasteiger partial charge in [-0.15, -0.1) is 0 Å². The fourth-order valence-corrected chi connectivity index (χ4v) is 2.78. The summed E-state index contributed by atoms with van der Waals surface area (Å²) >= 11 is 0. The lowest BCUT2D eigenvalue weighted by molar-refractivity contribution is -0.127. The van der Waals surface area contributed by atoms with Gasteiger partial charge in [0.15, 0.2) is 0 Å². The molecule has 0 unspecified atom stereocenters. The van der Waals surface area contributed by atoms with E-state index >= 15 is 0 Å². The molecule has 1 aliphatic rings. The summed E-state index contributed by atoms with van der Waals surface area (Å²) in [6.45, 7) is 3.76. The van der Waals surface area contributed by atoms with Crippen molar-refractivity contribution < 1.29 is 4.79 Å². The summed E-state index contributed by atoms with van der Waals surface area (Å²) in [6.07, 6.45) is 8.90. The number of anilines is 1. The number of carbonyl (C=O) groups is 1. The van der Waals surface area contributed by atoms with Crippen LogP contribution < -0.4 is 10.6 Å². The lowest BCUT2D eigenvalue weighted by Gasteiger charge is -2.36. The third-order valence-electron chi connectivity index (χ3n) is 3.93. The van der Waals surface area contributed by atoms with Crippen LogP contribution in [0.25, 0.3) is 0 Å². The van der Waals surface area contributed by atoms with Crippen LogP contribution in [0, 0.1) is 5.41 Å². The van der Waals surface area contributed by atoms with Gasteiger partial charge in [-0.25, -0.2) is 0 Å². The number of nitrogens with one attached hydrogen (secondary N) is 2. The van der Waals surface area contributed by atoms with E-state index < -0.39 is 0 Å². The van der Waals surface area contributed by atoms with Gasteiger partial charge in [0, 0.05) is 12.7 Å². The van der Waals surface area contributed by atoms with E-state index in [1.807, 2.05) is 12.1 Å². The molecule has 1 amide bonds. The number of nitrogens with zero attached hydrogens (tertiary/aromatic N) is 1. The van der Waals surface area contributed by atoms with E-state index in [-0.39, 0.29) is 11.3 Å². The molecule has 4 nitrogen and oxygen atoms in total. The van der Waals surface area contributed by atoms with E-state index in [0.29, 0.717) is 0 Å². The molecule has 19 heavy (non-hydrogen) atoms. The Bertz CT molecular complexity index is 399. The summed E-state index contributed by atoms with van der Waals surface area (Å²) in [5.74, 6) is 0.140. The van der Waals surface area contributed by atoms with Crippen LogP contribution in [0.2, 0.25) is 0 Å². The zero-order valence-corrected chi connectivity index (χ0v) is 11.6. The molecule has 0 radical (unpaired) electrons. The van der Waals surface area contributed by atoms with E-state index in [1.165, 1.54) is 6.42 Å². The highest BCUT2D eigenvalue weighted by Gasteiger charge is 2.38. The SMILES string of the molecule is CCNCC1(C(=O)Nc2cccnc2)CCCCC1. The van der Waals surface area contributed by atoms with Gasteiger partial charge in [0.05, 0.1) is 17.3 Å². The van der Waals surface area contributed by atoms with Crippen LogP contribution >= 0.6 is 0 Å². The van der Waals surface area contributed by atoms with Crippen LogP contribution in [-0.2, 0) is 4.79 Å². The lowest BCUT2D eigenvalue weighted by atomic mass is 9.73. The molecule has 2 rings (SSSR count). The third-order valence-corrected chi connectivity index (χ3v) is 3.93. The highest BCUT2D eigenvalue weighted by Crippen LogP contribution is 2.36. The Hall–Kier alpha value is -1.42. The third kappa shape index (κ3) is 3.53. The Labute approximate surface area is 115 Å². The van der Waals surface area contributed by atoms with Crippen LogP contribution in [0.15, 0.2) is 24.5 Å². The number of carbonyl (C=O) groups excluding carboxylic acids is 1. The highest BCUT2D eigenvalue weighted by atomic mass is 16.2. The van der Waals surface area contributed by atoms with Crippen LogP contribution in [0.1, 0.15) is 39.0 Å². The number of hydrogen-bond acceptors (Lipinski definition) is 3. The van der Waals surface area contributed by atoms with Crippen molar-refractivity contribution in [1.82, 2.24) is 10.3 Å². The van der Waals surface area contributed by atoms with E-state index in [2.05, 4.69) is 22.5 Å². The topological polar surface area (TPSA) is 54.0 Å². The summed E-state index contributed by atoms with van der Waals surface area (Å²) in [4.78, 5) is 16.7. The van der Waals surface area contributed by atoms with Gasteiger partial charge in [-0.1, -0.05) is 26.2 Å². The number of pyridine rings is 1. The van der Waals surface area contributed by atoms with Crippen molar-refractivity contribution in [3.05, 3.63) is 24.5 Å².